The summed E-state index contributed by atoms with van der Waals surface area (Å²) < 4.78 is 5.71. The molecule has 0 aliphatic carbocycles. The Morgan fingerprint density at radius 1 is 1.09 bits per heavy atom. The van der Waals surface area contributed by atoms with Crippen molar-refractivity contribution in [3.05, 3.63) is 75.8 Å². The molecule has 1 aromatic heterocycles. The van der Waals surface area contributed by atoms with E-state index >= 15 is 0 Å². The highest BCUT2D eigenvalue weighted by atomic mass is 32.1. The van der Waals surface area contributed by atoms with E-state index in [1.807, 2.05) is 41.8 Å². The fraction of sp³-hybridized carbons (Fsp3) is 0.0556. The molecule has 0 radical (unpaired) electrons. The molecule has 1 aliphatic rings. The third-order valence-corrected chi connectivity index (χ3v) is 4.85. The molecular weight excluding hydrogens is 292 g/mol. The molecule has 0 fully saturated rings. The molecule has 3 aromatic rings. The van der Waals surface area contributed by atoms with Gasteiger partial charge in [-0.15, -0.1) is 11.3 Å². The van der Waals surface area contributed by atoms with Gasteiger partial charge in [0, 0.05) is 10.4 Å². The summed E-state index contributed by atoms with van der Waals surface area (Å²) in [5.74, 6) is 0.774. The summed E-state index contributed by atoms with van der Waals surface area (Å²) >= 11 is 1.62. The highest BCUT2D eigenvalue weighted by Crippen LogP contribution is 2.44. The second-order valence-corrected chi connectivity index (χ2v) is 6.16. The highest BCUT2D eigenvalue weighted by Gasteiger charge is 2.31. The van der Waals surface area contributed by atoms with E-state index in [4.69, 9.17) is 10.5 Å². The van der Waals surface area contributed by atoms with Crippen molar-refractivity contribution >= 4 is 22.1 Å². The van der Waals surface area contributed by atoms with Gasteiger partial charge in [-0.2, -0.15) is 5.26 Å². The van der Waals surface area contributed by atoms with E-state index in [9.17, 15) is 5.26 Å². The van der Waals surface area contributed by atoms with Gasteiger partial charge in [-0.1, -0.05) is 30.3 Å². The Balaban J connectivity index is 2.01. The van der Waals surface area contributed by atoms with Crippen LogP contribution in [-0.4, -0.2) is 0 Å². The van der Waals surface area contributed by atoms with Crippen molar-refractivity contribution in [1.29, 1.82) is 5.26 Å². The van der Waals surface area contributed by atoms with Gasteiger partial charge in [0.1, 0.15) is 17.4 Å². The maximum Gasteiger partial charge on any atom is 0.205 e. The maximum atomic E-state index is 9.51. The zero-order chi connectivity index (χ0) is 15.1. The number of thiophene rings is 1. The molecule has 0 unspecified atom stereocenters. The van der Waals surface area contributed by atoms with Crippen molar-refractivity contribution < 1.29 is 4.74 Å². The second-order valence-electron chi connectivity index (χ2n) is 5.18. The summed E-state index contributed by atoms with van der Waals surface area (Å²) in [7, 11) is 0. The van der Waals surface area contributed by atoms with E-state index in [2.05, 4.69) is 18.2 Å². The quantitative estimate of drug-likeness (QED) is 0.735. The van der Waals surface area contributed by atoms with Crippen LogP contribution >= 0.6 is 11.3 Å². The molecule has 0 saturated carbocycles. The van der Waals surface area contributed by atoms with Gasteiger partial charge < -0.3 is 10.5 Å². The lowest BCUT2D eigenvalue weighted by molar-refractivity contribution is 0.395. The van der Waals surface area contributed by atoms with Crippen molar-refractivity contribution in [2.75, 3.05) is 0 Å². The summed E-state index contributed by atoms with van der Waals surface area (Å²) in [5.41, 5.74) is 7.45. The van der Waals surface area contributed by atoms with Gasteiger partial charge >= 0.3 is 0 Å². The first-order chi connectivity index (χ1) is 10.8. The number of nitrogens with two attached hydrogens (primary N) is 1. The largest absolute Gasteiger partial charge is 0.440 e. The first-order valence-electron chi connectivity index (χ1n) is 6.91. The molecule has 106 valence electrons. The van der Waals surface area contributed by atoms with Gasteiger partial charge in [-0.25, -0.2) is 0 Å². The molecule has 0 spiro atoms. The average Bonchev–Trinajstić information content (AvgIpc) is 3.05. The summed E-state index contributed by atoms with van der Waals surface area (Å²) in [6, 6.07) is 18.4. The minimum Gasteiger partial charge on any atom is -0.440 e. The molecule has 4 rings (SSSR count). The minimum atomic E-state index is -0.154. The Morgan fingerprint density at radius 2 is 1.86 bits per heavy atom. The number of benzene rings is 2. The predicted molar refractivity (Wildman–Crippen MR) is 87.6 cm³/mol. The van der Waals surface area contributed by atoms with E-state index < -0.39 is 0 Å². The Kier molecular flexibility index (Phi) is 2.88. The van der Waals surface area contributed by atoms with Crippen LogP contribution in [0.4, 0.5) is 0 Å². The molecule has 1 aliphatic heterocycles. The summed E-state index contributed by atoms with van der Waals surface area (Å²) in [4.78, 5) is 1.10. The molecule has 3 nitrogen and oxygen atoms in total. The molecular formula is C18H12N2OS. The zero-order valence-corrected chi connectivity index (χ0v) is 12.4. The molecule has 4 heteroatoms. The van der Waals surface area contributed by atoms with Crippen LogP contribution in [0.1, 0.15) is 16.4 Å². The Hall–Kier alpha value is -2.77. The van der Waals surface area contributed by atoms with Crippen LogP contribution in [0, 0.1) is 11.3 Å². The van der Waals surface area contributed by atoms with Crippen LogP contribution in [0.25, 0.3) is 10.8 Å². The minimum absolute atomic E-state index is 0.154. The third kappa shape index (κ3) is 1.87. The topological polar surface area (TPSA) is 59.0 Å². The van der Waals surface area contributed by atoms with Gasteiger partial charge in [0.25, 0.3) is 0 Å². The summed E-state index contributed by atoms with van der Waals surface area (Å²) in [5, 5.41) is 13.7. The van der Waals surface area contributed by atoms with Gasteiger partial charge in [0.2, 0.25) is 5.88 Å². The highest BCUT2D eigenvalue weighted by molar-refractivity contribution is 7.10. The monoisotopic (exact) mass is 304 g/mol. The summed E-state index contributed by atoms with van der Waals surface area (Å²) in [6.45, 7) is 0. The summed E-state index contributed by atoms with van der Waals surface area (Å²) in [6.07, 6.45) is 0. The molecule has 0 amide bonds. The van der Waals surface area contributed by atoms with Gasteiger partial charge in [0.15, 0.2) is 0 Å². The predicted octanol–water partition coefficient (Wildman–Crippen LogP) is 4.12. The number of fused-ring (bicyclic) bond motifs is 2. The lowest BCUT2D eigenvalue weighted by atomic mass is 9.87. The number of nitriles is 1. The number of ether oxygens (including phenoxy) is 1. The average molecular weight is 304 g/mol. The molecule has 2 heterocycles. The van der Waals surface area contributed by atoms with Crippen LogP contribution in [0.15, 0.2) is 65.4 Å². The second kappa shape index (κ2) is 4.90. The smallest absolute Gasteiger partial charge is 0.205 e. The maximum absolute atomic E-state index is 9.51. The van der Waals surface area contributed by atoms with Gasteiger partial charge in [-0.05, 0) is 34.4 Å². The zero-order valence-electron chi connectivity index (χ0n) is 11.6. The Bertz CT molecular complexity index is 935. The molecule has 1 atom stereocenters. The van der Waals surface area contributed by atoms with Gasteiger partial charge in [-0.3, -0.25) is 0 Å². The van der Waals surface area contributed by atoms with Crippen molar-refractivity contribution in [3.8, 4) is 11.8 Å². The van der Waals surface area contributed by atoms with Crippen molar-refractivity contribution in [3.63, 3.8) is 0 Å². The lowest BCUT2D eigenvalue weighted by Crippen LogP contribution is -2.20. The number of allylic oxidation sites excluding steroid dienone is 1. The number of hydrogen-bond donors (Lipinski definition) is 1. The first-order valence-corrected chi connectivity index (χ1v) is 7.79. The van der Waals surface area contributed by atoms with Crippen LogP contribution < -0.4 is 10.5 Å². The van der Waals surface area contributed by atoms with Crippen LogP contribution in [-0.2, 0) is 0 Å². The van der Waals surface area contributed by atoms with Crippen molar-refractivity contribution in [2.45, 2.75) is 5.92 Å². The molecule has 2 aromatic carbocycles. The van der Waals surface area contributed by atoms with Crippen LogP contribution in [0.5, 0.6) is 5.75 Å². The first kappa shape index (κ1) is 12.9. The van der Waals surface area contributed by atoms with Crippen LogP contribution in [0.2, 0.25) is 0 Å². The van der Waals surface area contributed by atoms with E-state index in [1.54, 1.807) is 11.3 Å². The van der Waals surface area contributed by atoms with Crippen molar-refractivity contribution in [1.82, 2.24) is 0 Å². The Morgan fingerprint density at radius 3 is 2.55 bits per heavy atom. The fourth-order valence-electron chi connectivity index (χ4n) is 2.89. The van der Waals surface area contributed by atoms with Crippen molar-refractivity contribution in [2.24, 2.45) is 5.73 Å². The molecule has 0 bridgehead atoms. The Labute approximate surface area is 131 Å². The third-order valence-electron chi connectivity index (χ3n) is 3.91. The van der Waals surface area contributed by atoms with E-state index in [-0.39, 0.29) is 11.8 Å². The van der Waals surface area contributed by atoms with Gasteiger partial charge in [0.05, 0.1) is 5.92 Å². The van der Waals surface area contributed by atoms with Crippen LogP contribution in [0.3, 0.4) is 0 Å². The van der Waals surface area contributed by atoms with E-state index in [1.165, 1.54) is 0 Å². The lowest BCUT2D eigenvalue weighted by Gasteiger charge is -2.26. The number of nitrogens with zero attached hydrogens (tertiary/aromatic N) is 1. The fourth-order valence-corrected chi connectivity index (χ4v) is 3.75. The number of rotatable bonds is 1. The molecule has 0 saturated heterocycles. The standard InChI is InChI=1S/C18H12N2OS/c19-10-14-17(16-6-3-7-22-16)13-8-11-4-1-2-5-12(11)9-15(13)21-18(14)20/h1-9,17H,20H2/t17-/m1/s1. The SMILES string of the molecule is N#CC1=C(N)Oc2cc3ccccc3cc2[C@H]1c1cccs1. The molecule has 22 heavy (non-hydrogen) atoms. The van der Waals surface area contributed by atoms with E-state index in [0.717, 1.165) is 27.0 Å². The van der Waals surface area contributed by atoms with E-state index in [0.29, 0.717) is 5.57 Å². The molecule has 2 N–H and O–H groups in total. The normalized spacial score (nSPS) is 17.0. The number of hydrogen-bond acceptors (Lipinski definition) is 4.